The van der Waals surface area contributed by atoms with E-state index in [1.54, 1.807) is 6.20 Å². The van der Waals surface area contributed by atoms with Gasteiger partial charge in [-0.25, -0.2) is 9.97 Å². The molecule has 17 heavy (non-hydrogen) atoms. The predicted octanol–water partition coefficient (Wildman–Crippen LogP) is 2.16. The highest BCUT2D eigenvalue weighted by molar-refractivity contribution is 5.67. The van der Waals surface area contributed by atoms with Crippen molar-refractivity contribution in [2.75, 3.05) is 0 Å². The zero-order valence-corrected chi connectivity index (χ0v) is 9.21. The quantitative estimate of drug-likeness (QED) is 0.871. The lowest BCUT2D eigenvalue weighted by Crippen LogP contribution is -2.02. The average molecular weight is 228 g/mol. The molecule has 0 aliphatic rings. The van der Waals surface area contributed by atoms with E-state index in [0.717, 1.165) is 11.3 Å². The summed E-state index contributed by atoms with van der Waals surface area (Å²) in [6.07, 6.45) is 2.07. The standard InChI is InChI=1S/C13H12N2O2/c16-13(17)7-6-12-14-9-8-11(15-12)10-4-2-1-3-5-10/h1-5,8-9H,6-7H2,(H,16,17). The first-order valence-corrected chi connectivity index (χ1v) is 5.35. The van der Waals surface area contributed by atoms with E-state index in [2.05, 4.69) is 9.97 Å². The van der Waals surface area contributed by atoms with Crippen LogP contribution in [0.25, 0.3) is 11.3 Å². The largest absolute Gasteiger partial charge is 0.481 e. The van der Waals surface area contributed by atoms with Crippen molar-refractivity contribution in [2.45, 2.75) is 12.8 Å². The number of aryl methyl sites for hydroxylation is 1. The summed E-state index contributed by atoms with van der Waals surface area (Å²) in [5.74, 6) is -0.271. The molecule has 1 N–H and O–H groups in total. The Morgan fingerprint density at radius 1 is 1.18 bits per heavy atom. The third-order valence-corrected chi connectivity index (χ3v) is 2.34. The fourth-order valence-corrected chi connectivity index (χ4v) is 1.51. The predicted molar refractivity (Wildman–Crippen MR) is 63.4 cm³/mol. The summed E-state index contributed by atoms with van der Waals surface area (Å²) in [4.78, 5) is 18.9. The molecule has 2 aromatic rings. The number of hydrogen-bond donors (Lipinski definition) is 1. The van der Waals surface area contributed by atoms with Crippen molar-refractivity contribution in [3.63, 3.8) is 0 Å². The zero-order chi connectivity index (χ0) is 12.1. The van der Waals surface area contributed by atoms with Crippen LogP contribution in [0, 0.1) is 0 Å². The SMILES string of the molecule is O=C(O)CCc1nccc(-c2ccccc2)n1. The van der Waals surface area contributed by atoms with Crippen LogP contribution in [-0.2, 0) is 11.2 Å². The smallest absolute Gasteiger partial charge is 0.303 e. The van der Waals surface area contributed by atoms with Gasteiger partial charge in [0.05, 0.1) is 12.1 Å². The summed E-state index contributed by atoms with van der Waals surface area (Å²) in [5.41, 5.74) is 1.83. The van der Waals surface area contributed by atoms with Gasteiger partial charge in [-0.1, -0.05) is 30.3 Å². The summed E-state index contributed by atoms with van der Waals surface area (Å²) < 4.78 is 0. The van der Waals surface area contributed by atoms with Gasteiger partial charge in [-0.15, -0.1) is 0 Å². The zero-order valence-electron chi connectivity index (χ0n) is 9.21. The third-order valence-electron chi connectivity index (χ3n) is 2.34. The highest BCUT2D eigenvalue weighted by Gasteiger charge is 2.04. The number of aromatic nitrogens is 2. The minimum absolute atomic E-state index is 0.0538. The molecule has 4 nitrogen and oxygen atoms in total. The van der Waals surface area contributed by atoms with E-state index >= 15 is 0 Å². The number of benzene rings is 1. The van der Waals surface area contributed by atoms with Crippen LogP contribution >= 0.6 is 0 Å². The molecule has 1 aromatic heterocycles. The molecule has 0 bridgehead atoms. The molecule has 0 spiro atoms. The first-order chi connectivity index (χ1) is 8.25. The molecule has 0 aliphatic heterocycles. The summed E-state index contributed by atoms with van der Waals surface area (Å²) in [6.45, 7) is 0. The summed E-state index contributed by atoms with van der Waals surface area (Å²) >= 11 is 0. The Kier molecular flexibility index (Phi) is 3.45. The van der Waals surface area contributed by atoms with Crippen molar-refractivity contribution in [1.29, 1.82) is 0 Å². The first kappa shape index (κ1) is 11.3. The van der Waals surface area contributed by atoms with Crippen LogP contribution in [-0.4, -0.2) is 21.0 Å². The molecule has 0 radical (unpaired) electrons. The van der Waals surface area contributed by atoms with Crippen LogP contribution in [0.4, 0.5) is 0 Å². The van der Waals surface area contributed by atoms with E-state index in [9.17, 15) is 4.79 Å². The van der Waals surface area contributed by atoms with E-state index in [0.29, 0.717) is 12.2 Å². The van der Waals surface area contributed by atoms with Gasteiger partial charge in [0.1, 0.15) is 5.82 Å². The molecule has 0 atom stereocenters. The molecule has 0 aliphatic carbocycles. The van der Waals surface area contributed by atoms with Gasteiger partial charge < -0.3 is 5.11 Å². The Balaban J connectivity index is 2.20. The summed E-state index contributed by atoms with van der Waals surface area (Å²) in [6, 6.07) is 11.6. The van der Waals surface area contributed by atoms with Crippen LogP contribution in [0.5, 0.6) is 0 Å². The van der Waals surface area contributed by atoms with Crippen molar-refractivity contribution < 1.29 is 9.90 Å². The Hall–Kier alpha value is -2.23. The topological polar surface area (TPSA) is 63.1 Å². The molecule has 86 valence electrons. The van der Waals surface area contributed by atoms with Crippen LogP contribution < -0.4 is 0 Å². The first-order valence-electron chi connectivity index (χ1n) is 5.35. The van der Waals surface area contributed by atoms with Gasteiger partial charge in [0.2, 0.25) is 0 Å². The number of carboxylic acids is 1. The van der Waals surface area contributed by atoms with Gasteiger partial charge in [0.15, 0.2) is 0 Å². The maximum absolute atomic E-state index is 10.5. The highest BCUT2D eigenvalue weighted by Crippen LogP contribution is 2.15. The summed E-state index contributed by atoms with van der Waals surface area (Å²) in [7, 11) is 0. The van der Waals surface area contributed by atoms with Gasteiger partial charge in [0.25, 0.3) is 0 Å². The number of aliphatic carboxylic acids is 1. The molecule has 0 fully saturated rings. The molecule has 0 amide bonds. The molecular weight excluding hydrogens is 216 g/mol. The molecule has 0 saturated heterocycles. The fourth-order valence-electron chi connectivity index (χ4n) is 1.51. The molecule has 2 rings (SSSR count). The number of hydrogen-bond acceptors (Lipinski definition) is 3. The molecular formula is C13H12N2O2. The molecule has 0 saturated carbocycles. The Morgan fingerprint density at radius 2 is 1.94 bits per heavy atom. The van der Waals surface area contributed by atoms with Crippen molar-refractivity contribution in [3.8, 4) is 11.3 Å². The van der Waals surface area contributed by atoms with Gasteiger partial charge in [-0.05, 0) is 6.07 Å². The lowest BCUT2D eigenvalue weighted by atomic mass is 10.1. The maximum Gasteiger partial charge on any atom is 0.303 e. The lowest BCUT2D eigenvalue weighted by Gasteiger charge is -2.02. The van der Waals surface area contributed by atoms with Gasteiger partial charge in [-0.2, -0.15) is 0 Å². The highest BCUT2D eigenvalue weighted by atomic mass is 16.4. The van der Waals surface area contributed by atoms with Gasteiger partial charge >= 0.3 is 5.97 Å². The number of carboxylic acid groups (broad SMARTS) is 1. The van der Waals surface area contributed by atoms with Crippen LogP contribution in [0.15, 0.2) is 42.6 Å². The molecule has 1 aromatic carbocycles. The van der Waals surface area contributed by atoms with Gasteiger partial charge in [-0.3, -0.25) is 4.79 Å². The number of rotatable bonds is 4. The second kappa shape index (κ2) is 5.21. The molecule has 1 heterocycles. The minimum Gasteiger partial charge on any atom is -0.481 e. The Morgan fingerprint density at radius 3 is 2.65 bits per heavy atom. The van der Waals surface area contributed by atoms with Crippen molar-refractivity contribution >= 4 is 5.97 Å². The van der Waals surface area contributed by atoms with Crippen LogP contribution in [0.1, 0.15) is 12.2 Å². The minimum atomic E-state index is -0.835. The third kappa shape index (κ3) is 3.11. The van der Waals surface area contributed by atoms with Crippen LogP contribution in [0.3, 0.4) is 0 Å². The van der Waals surface area contributed by atoms with Crippen molar-refractivity contribution in [2.24, 2.45) is 0 Å². The van der Waals surface area contributed by atoms with Crippen LogP contribution in [0.2, 0.25) is 0 Å². The van der Waals surface area contributed by atoms with E-state index in [1.165, 1.54) is 0 Å². The second-order valence-electron chi connectivity index (χ2n) is 3.62. The number of nitrogens with zero attached hydrogens (tertiary/aromatic N) is 2. The van der Waals surface area contributed by atoms with E-state index in [1.807, 2.05) is 36.4 Å². The lowest BCUT2D eigenvalue weighted by molar-refractivity contribution is -0.137. The van der Waals surface area contributed by atoms with E-state index < -0.39 is 5.97 Å². The van der Waals surface area contributed by atoms with Crippen molar-refractivity contribution in [3.05, 3.63) is 48.4 Å². The fraction of sp³-hybridized carbons (Fsp3) is 0.154. The maximum atomic E-state index is 10.5. The second-order valence-corrected chi connectivity index (χ2v) is 3.62. The van der Waals surface area contributed by atoms with Gasteiger partial charge in [0, 0.05) is 18.2 Å². The molecule has 0 unspecified atom stereocenters. The van der Waals surface area contributed by atoms with E-state index in [4.69, 9.17) is 5.11 Å². The molecule has 4 heteroatoms. The van der Waals surface area contributed by atoms with Crippen molar-refractivity contribution in [1.82, 2.24) is 9.97 Å². The number of carbonyl (C=O) groups is 1. The summed E-state index contributed by atoms with van der Waals surface area (Å²) in [5, 5.41) is 8.61. The normalized spacial score (nSPS) is 10.1. The Bertz CT molecular complexity index is 512. The van der Waals surface area contributed by atoms with E-state index in [-0.39, 0.29) is 6.42 Å². The Labute approximate surface area is 99.0 Å². The monoisotopic (exact) mass is 228 g/mol. The average Bonchev–Trinajstić information content (AvgIpc) is 2.38.